The third-order valence-electron chi connectivity index (χ3n) is 3.71. The van der Waals surface area contributed by atoms with Crippen molar-refractivity contribution in [3.05, 3.63) is 83.0 Å². The number of carbonyl (C=O) groups excluding carboxylic acids is 1. The van der Waals surface area contributed by atoms with Crippen LogP contribution >= 0.6 is 11.6 Å². The molecule has 118 valence electrons. The van der Waals surface area contributed by atoms with Crippen molar-refractivity contribution in [1.82, 2.24) is 9.47 Å². The van der Waals surface area contributed by atoms with Crippen LogP contribution in [0, 0.1) is 0 Å². The lowest BCUT2D eigenvalue weighted by Crippen LogP contribution is -2.30. The van der Waals surface area contributed by atoms with Crippen molar-refractivity contribution < 1.29 is 9.21 Å². The monoisotopic (exact) mass is 328 g/mol. The van der Waals surface area contributed by atoms with Gasteiger partial charge in [-0.2, -0.15) is 0 Å². The molecular formula is C18H17ClN2O2. The second-order valence-electron chi connectivity index (χ2n) is 5.36. The minimum absolute atomic E-state index is 0.0562. The fourth-order valence-corrected chi connectivity index (χ4v) is 2.55. The summed E-state index contributed by atoms with van der Waals surface area (Å²) in [6.07, 6.45) is 3.58. The molecule has 0 radical (unpaired) electrons. The third-order valence-corrected chi connectivity index (χ3v) is 3.96. The van der Waals surface area contributed by atoms with Gasteiger partial charge in [0.1, 0.15) is 5.76 Å². The van der Waals surface area contributed by atoms with Gasteiger partial charge in [-0.15, -0.1) is 0 Å². The summed E-state index contributed by atoms with van der Waals surface area (Å²) in [6.45, 7) is 0.922. The SMILES string of the molecule is Cn1cccc1CN(Cc1ccco1)C(=O)c1ccc(Cl)cc1. The maximum absolute atomic E-state index is 12.9. The molecule has 3 aromatic rings. The molecule has 1 aromatic carbocycles. The molecule has 3 rings (SSSR count). The van der Waals surface area contributed by atoms with E-state index in [0.717, 1.165) is 11.5 Å². The van der Waals surface area contributed by atoms with E-state index in [-0.39, 0.29) is 5.91 Å². The van der Waals surface area contributed by atoms with Gasteiger partial charge < -0.3 is 13.9 Å². The molecule has 0 spiro atoms. The van der Waals surface area contributed by atoms with Crippen LogP contribution in [0.15, 0.2) is 65.4 Å². The first-order valence-corrected chi connectivity index (χ1v) is 7.69. The fraction of sp³-hybridized carbons (Fsp3) is 0.167. The Balaban J connectivity index is 1.85. The van der Waals surface area contributed by atoms with Gasteiger partial charge in [-0.05, 0) is 48.5 Å². The zero-order valence-corrected chi connectivity index (χ0v) is 13.5. The van der Waals surface area contributed by atoms with E-state index in [2.05, 4.69) is 0 Å². The number of furan rings is 1. The summed E-state index contributed by atoms with van der Waals surface area (Å²) in [7, 11) is 1.97. The Morgan fingerprint density at radius 3 is 2.52 bits per heavy atom. The highest BCUT2D eigenvalue weighted by atomic mass is 35.5. The molecule has 0 fully saturated rings. The largest absolute Gasteiger partial charge is 0.467 e. The summed E-state index contributed by atoms with van der Waals surface area (Å²) in [5, 5.41) is 0.613. The maximum atomic E-state index is 12.9. The van der Waals surface area contributed by atoms with Gasteiger partial charge >= 0.3 is 0 Å². The van der Waals surface area contributed by atoms with E-state index in [4.69, 9.17) is 16.0 Å². The topological polar surface area (TPSA) is 38.4 Å². The van der Waals surface area contributed by atoms with E-state index < -0.39 is 0 Å². The van der Waals surface area contributed by atoms with Crippen molar-refractivity contribution in [2.75, 3.05) is 0 Å². The van der Waals surface area contributed by atoms with E-state index in [9.17, 15) is 4.79 Å². The average molecular weight is 329 g/mol. The first-order chi connectivity index (χ1) is 11.1. The lowest BCUT2D eigenvalue weighted by atomic mass is 10.2. The van der Waals surface area contributed by atoms with Crippen molar-refractivity contribution >= 4 is 17.5 Å². The zero-order chi connectivity index (χ0) is 16.2. The molecule has 0 N–H and O–H groups in total. The van der Waals surface area contributed by atoms with Crippen LogP contribution in [0.2, 0.25) is 5.02 Å². The predicted molar refractivity (Wildman–Crippen MR) is 89.2 cm³/mol. The second kappa shape index (κ2) is 6.75. The highest BCUT2D eigenvalue weighted by Crippen LogP contribution is 2.16. The number of aromatic nitrogens is 1. The summed E-state index contributed by atoms with van der Waals surface area (Å²) in [6, 6.07) is 14.6. The number of nitrogens with zero attached hydrogens (tertiary/aromatic N) is 2. The Morgan fingerprint density at radius 1 is 1.13 bits per heavy atom. The predicted octanol–water partition coefficient (Wildman–Crippen LogP) is 4.11. The molecule has 2 heterocycles. The smallest absolute Gasteiger partial charge is 0.254 e. The van der Waals surface area contributed by atoms with Crippen LogP contribution in [-0.4, -0.2) is 15.4 Å². The molecule has 0 aliphatic carbocycles. The van der Waals surface area contributed by atoms with Crippen LogP contribution in [0.5, 0.6) is 0 Å². The van der Waals surface area contributed by atoms with Gasteiger partial charge in [-0.25, -0.2) is 0 Å². The van der Waals surface area contributed by atoms with Crippen LogP contribution < -0.4 is 0 Å². The molecular weight excluding hydrogens is 312 g/mol. The van der Waals surface area contributed by atoms with Crippen molar-refractivity contribution in [2.24, 2.45) is 7.05 Å². The van der Waals surface area contributed by atoms with Crippen molar-refractivity contribution in [3.8, 4) is 0 Å². The summed E-state index contributed by atoms with van der Waals surface area (Å²) in [5.74, 6) is 0.695. The Bertz CT molecular complexity index is 776. The summed E-state index contributed by atoms with van der Waals surface area (Å²) in [4.78, 5) is 14.6. The molecule has 0 bridgehead atoms. The van der Waals surface area contributed by atoms with Gasteiger partial charge in [0.15, 0.2) is 0 Å². The fourth-order valence-electron chi connectivity index (χ4n) is 2.42. The Hall–Kier alpha value is -2.46. The molecule has 1 amide bonds. The normalized spacial score (nSPS) is 10.7. The quantitative estimate of drug-likeness (QED) is 0.706. The Morgan fingerprint density at radius 2 is 1.91 bits per heavy atom. The number of halogens is 1. The van der Waals surface area contributed by atoms with Gasteiger partial charge in [0, 0.05) is 29.5 Å². The van der Waals surface area contributed by atoms with Gasteiger partial charge in [-0.3, -0.25) is 4.79 Å². The van der Waals surface area contributed by atoms with E-state index in [1.54, 1.807) is 35.4 Å². The summed E-state index contributed by atoms with van der Waals surface area (Å²) >= 11 is 5.90. The third kappa shape index (κ3) is 3.66. The number of rotatable bonds is 5. The second-order valence-corrected chi connectivity index (χ2v) is 5.79. The molecule has 0 unspecified atom stereocenters. The standard InChI is InChI=1S/C18H17ClN2O2/c1-20-10-2-4-16(20)12-21(13-17-5-3-11-23-17)18(22)14-6-8-15(19)9-7-14/h2-11H,12-13H2,1H3. The van der Waals surface area contributed by atoms with Crippen molar-refractivity contribution in [3.63, 3.8) is 0 Å². The number of hydrogen-bond donors (Lipinski definition) is 0. The first-order valence-electron chi connectivity index (χ1n) is 7.31. The van der Waals surface area contributed by atoms with Crippen LogP contribution in [0.3, 0.4) is 0 Å². The van der Waals surface area contributed by atoms with Crippen LogP contribution in [0.25, 0.3) is 0 Å². The number of aryl methyl sites for hydroxylation is 1. The van der Waals surface area contributed by atoms with Crippen LogP contribution in [-0.2, 0) is 20.1 Å². The lowest BCUT2D eigenvalue weighted by Gasteiger charge is -2.22. The van der Waals surface area contributed by atoms with E-state index in [0.29, 0.717) is 23.7 Å². The Labute approximate surface area is 139 Å². The minimum Gasteiger partial charge on any atom is -0.467 e. The molecule has 23 heavy (non-hydrogen) atoms. The molecule has 0 aliphatic heterocycles. The van der Waals surface area contributed by atoms with Crippen molar-refractivity contribution in [2.45, 2.75) is 13.1 Å². The minimum atomic E-state index is -0.0562. The highest BCUT2D eigenvalue weighted by Gasteiger charge is 2.18. The van der Waals surface area contributed by atoms with E-state index >= 15 is 0 Å². The Kier molecular flexibility index (Phi) is 4.53. The molecule has 0 aliphatic rings. The van der Waals surface area contributed by atoms with Crippen molar-refractivity contribution in [1.29, 1.82) is 0 Å². The lowest BCUT2D eigenvalue weighted by molar-refractivity contribution is 0.0714. The first kappa shape index (κ1) is 15.4. The molecule has 0 saturated heterocycles. The highest BCUT2D eigenvalue weighted by molar-refractivity contribution is 6.30. The maximum Gasteiger partial charge on any atom is 0.254 e. The van der Waals surface area contributed by atoms with Crippen LogP contribution in [0.1, 0.15) is 21.8 Å². The van der Waals surface area contributed by atoms with Gasteiger partial charge in [0.05, 0.1) is 19.4 Å². The summed E-state index contributed by atoms with van der Waals surface area (Å²) in [5.41, 5.74) is 1.66. The number of benzene rings is 1. The molecule has 2 aromatic heterocycles. The average Bonchev–Trinajstić information content (AvgIpc) is 3.19. The number of carbonyl (C=O) groups is 1. The van der Waals surface area contributed by atoms with E-state index in [1.165, 1.54) is 0 Å². The summed E-state index contributed by atoms with van der Waals surface area (Å²) < 4.78 is 7.40. The molecule has 0 atom stereocenters. The zero-order valence-electron chi connectivity index (χ0n) is 12.8. The molecule has 0 saturated carbocycles. The number of amides is 1. The van der Waals surface area contributed by atoms with Crippen LogP contribution in [0.4, 0.5) is 0 Å². The van der Waals surface area contributed by atoms with Gasteiger partial charge in [0.2, 0.25) is 0 Å². The molecule has 5 heteroatoms. The van der Waals surface area contributed by atoms with Gasteiger partial charge in [-0.1, -0.05) is 11.6 Å². The van der Waals surface area contributed by atoms with E-state index in [1.807, 2.05) is 42.1 Å². The van der Waals surface area contributed by atoms with Gasteiger partial charge in [0.25, 0.3) is 5.91 Å². The molecule has 4 nitrogen and oxygen atoms in total. The number of hydrogen-bond acceptors (Lipinski definition) is 2.